The minimum Gasteiger partial charge on any atom is -0.341 e. The molecule has 1 aromatic rings. The summed E-state index contributed by atoms with van der Waals surface area (Å²) in [5.41, 5.74) is 0.426. The average molecular weight is 343 g/mol. The van der Waals surface area contributed by atoms with Gasteiger partial charge in [-0.3, -0.25) is 9.59 Å². The van der Waals surface area contributed by atoms with Gasteiger partial charge in [-0.2, -0.15) is 18.3 Å². The molecule has 0 N–H and O–H groups in total. The number of aromatic nitrogens is 2. The second-order valence-electron chi connectivity index (χ2n) is 6.63. The third-order valence-electron chi connectivity index (χ3n) is 4.84. The van der Waals surface area contributed by atoms with Crippen molar-refractivity contribution in [2.24, 2.45) is 5.92 Å². The van der Waals surface area contributed by atoms with Gasteiger partial charge in [-0.1, -0.05) is 0 Å². The van der Waals surface area contributed by atoms with Crippen LogP contribution in [-0.2, 0) is 4.79 Å². The summed E-state index contributed by atoms with van der Waals surface area (Å²) < 4.78 is 39.3. The van der Waals surface area contributed by atoms with Crippen LogP contribution >= 0.6 is 0 Å². The molecule has 2 heterocycles. The second kappa shape index (κ2) is 6.22. The lowest BCUT2D eigenvalue weighted by atomic mass is 9.96. The van der Waals surface area contributed by atoms with Crippen LogP contribution in [0.15, 0.2) is 16.9 Å². The Bertz CT molecular complexity index is 674. The van der Waals surface area contributed by atoms with E-state index >= 15 is 0 Å². The quantitative estimate of drug-likeness (QED) is 0.847. The molecule has 1 aromatic heterocycles. The van der Waals surface area contributed by atoms with Crippen molar-refractivity contribution in [3.05, 3.63) is 28.2 Å². The molecule has 2 fully saturated rings. The molecule has 0 bridgehead atoms. The number of alkyl halides is 3. The summed E-state index contributed by atoms with van der Waals surface area (Å²) in [6, 6.07) is 2.28. The molecule has 0 aromatic carbocycles. The van der Waals surface area contributed by atoms with E-state index in [-0.39, 0.29) is 37.4 Å². The van der Waals surface area contributed by atoms with Crippen molar-refractivity contribution < 1.29 is 18.0 Å². The Morgan fingerprint density at radius 3 is 2.38 bits per heavy atom. The Balaban J connectivity index is 1.69. The number of piperidine rings is 1. The van der Waals surface area contributed by atoms with Crippen molar-refractivity contribution in [3.8, 4) is 0 Å². The van der Waals surface area contributed by atoms with Crippen molar-refractivity contribution in [2.75, 3.05) is 13.1 Å². The number of nitrogens with zero attached hydrogens (tertiary/aromatic N) is 3. The van der Waals surface area contributed by atoms with Crippen LogP contribution in [0.25, 0.3) is 0 Å². The lowest BCUT2D eigenvalue weighted by Gasteiger charge is -2.34. The van der Waals surface area contributed by atoms with Crippen molar-refractivity contribution in [1.29, 1.82) is 0 Å². The number of halogens is 3. The van der Waals surface area contributed by atoms with E-state index in [4.69, 9.17) is 0 Å². The lowest BCUT2D eigenvalue weighted by molar-refractivity contribution is -0.186. The first-order chi connectivity index (χ1) is 11.3. The summed E-state index contributed by atoms with van der Waals surface area (Å²) in [7, 11) is 0. The molecule has 1 aliphatic carbocycles. The normalized spacial score (nSPS) is 20.9. The van der Waals surface area contributed by atoms with Crippen LogP contribution in [0, 0.1) is 5.92 Å². The summed E-state index contributed by atoms with van der Waals surface area (Å²) in [6.45, 7) is 1.69. The molecular formula is C16H20F3N3O2. The Hall–Kier alpha value is -1.86. The fourth-order valence-electron chi connectivity index (χ4n) is 3.11. The predicted molar refractivity (Wildman–Crippen MR) is 80.5 cm³/mol. The zero-order valence-electron chi connectivity index (χ0n) is 13.4. The summed E-state index contributed by atoms with van der Waals surface area (Å²) in [5, 5.41) is 4.28. The number of hydrogen-bond acceptors (Lipinski definition) is 3. The molecule has 0 unspecified atom stereocenters. The van der Waals surface area contributed by atoms with Gasteiger partial charge in [0, 0.05) is 25.1 Å². The van der Waals surface area contributed by atoms with E-state index in [0.29, 0.717) is 5.92 Å². The van der Waals surface area contributed by atoms with Gasteiger partial charge in [0.1, 0.15) is 6.04 Å². The molecule has 1 atom stereocenters. The molecule has 3 rings (SSSR count). The van der Waals surface area contributed by atoms with Crippen molar-refractivity contribution in [1.82, 2.24) is 14.7 Å². The van der Waals surface area contributed by atoms with Crippen LogP contribution in [0.3, 0.4) is 0 Å². The predicted octanol–water partition coefficient (Wildman–Crippen LogP) is 2.48. The summed E-state index contributed by atoms with van der Waals surface area (Å²) in [6.07, 6.45) is -2.34. The minimum atomic E-state index is -4.21. The Kier molecular flexibility index (Phi) is 4.40. The first-order valence-corrected chi connectivity index (χ1v) is 8.22. The fraction of sp³-hybridized carbons (Fsp3) is 0.688. The maximum absolute atomic E-state index is 12.7. The maximum Gasteiger partial charge on any atom is 0.391 e. The number of amides is 1. The molecule has 24 heavy (non-hydrogen) atoms. The van der Waals surface area contributed by atoms with Gasteiger partial charge in [0.05, 0.1) is 11.6 Å². The smallest absolute Gasteiger partial charge is 0.341 e. The number of carbonyl (C=O) groups excluding carboxylic acids is 1. The number of carbonyl (C=O) groups is 1. The van der Waals surface area contributed by atoms with Crippen molar-refractivity contribution in [3.63, 3.8) is 0 Å². The number of likely N-dealkylation sites (tertiary alicyclic amines) is 1. The van der Waals surface area contributed by atoms with Crippen LogP contribution in [0.5, 0.6) is 0 Å². The van der Waals surface area contributed by atoms with Crippen molar-refractivity contribution >= 4 is 5.91 Å². The molecular weight excluding hydrogens is 323 g/mol. The zero-order chi connectivity index (χ0) is 17.5. The first kappa shape index (κ1) is 17.0. The van der Waals surface area contributed by atoms with E-state index in [0.717, 1.165) is 23.2 Å². The molecule has 1 saturated carbocycles. The minimum absolute atomic E-state index is 0.0599. The van der Waals surface area contributed by atoms with Crippen LogP contribution in [0.4, 0.5) is 13.2 Å². The summed E-state index contributed by atoms with van der Waals surface area (Å²) >= 11 is 0. The molecule has 5 nitrogen and oxygen atoms in total. The average Bonchev–Trinajstić information content (AvgIpc) is 3.38. The van der Waals surface area contributed by atoms with E-state index in [1.165, 1.54) is 11.0 Å². The Labute approximate surface area is 137 Å². The number of hydrogen-bond donors (Lipinski definition) is 0. The lowest BCUT2D eigenvalue weighted by Crippen LogP contribution is -2.46. The SMILES string of the molecule is C[C@@H](C(=O)N1CCC(C(F)(F)F)CC1)n1nc(C2CC2)ccc1=O. The largest absolute Gasteiger partial charge is 0.391 e. The van der Waals surface area contributed by atoms with Crippen LogP contribution in [0.1, 0.15) is 50.3 Å². The Morgan fingerprint density at radius 1 is 1.21 bits per heavy atom. The van der Waals surface area contributed by atoms with Gasteiger partial charge in [-0.25, -0.2) is 4.68 Å². The second-order valence-corrected chi connectivity index (χ2v) is 6.63. The third kappa shape index (κ3) is 3.47. The zero-order valence-corrected chi connectivity index (χ0v) is 13.4. The van der Waals surface area contributed by atoms with E-state index < -0.39 is 18.1 Å². The van der Waals surface area contributed by atoms with Gasteiger partial charge >= 0.3 is 6.18 Å². The highest BCUT2D eigenvalue weighted by Gasteiger charge is 2.42. The van der Waals surface area contributed by atoms with Gasteiger partial charge in [0.15, 0.2) is 0 Å². The molecule has 0 radical (unpaired) electrons. The topological polar surface area (TPSA) is 55.2 Å². The highest BCUT2D eigenvalue weighted by molar-refractivity contribution is 5.80. The van der Waals surface area contributed by atoms with Gasteiger partial charge in [0.25, 0.3) is 5.56 Å². The van der Waals surface area contributed by atoms with Crippen molar-refractivity contribution in [2.45, 2.75) is 50.7 Å². The highest BCUT2D eigenvalue weighted by atomic mass is 19.4. The monoisotopic (exact) mass is 343 g/mol. The van der Waals surface area contributed by atoms with E-state index in [1.807, 2.05) is 0 Å². The first-order valence-electron chi connectivity index (χ1n) is 8.22. The van der Waals surface area contributed by atoms with E-state index in [9.17, 15) is 22.8 Å². The van der Waals surface area contributed by atoms with Gasteiger partial charge in [-0.05, 0) is 38.7 Å². The van der Waals surface area contributed by atoms with Crippen LogP contribution in [0.2, 0.25) is 0 Å². The molecule has 1 saturated heterocycles. The molecule has 8 heteroatoms. The Morgan fingerprint density at radius 2 is 1.83 bits per heavy atom. The molecule has 1 amide bonds. The van der Waals surface area contributed by atoms with Gasteiger partial charge < -0.3 is 4.90 Å². The molecule has 132 valence electrons. The molecule has 2 aliphatic rings. The summed E-state index contributed by atoms with van der Waals surface area (Å²) in [4.78, 5) is 26.0. The van der Waals surface area contributed by atoms with Crippen LogP contribution in [-0.4, -0.2) is 39.9 Å². The third-order valence-corrected chi connectivity index (χ3v) is 4.84. The standard InChI is InChI=1S/C16H20F3N3O2/c1-10(22-14(23)5-4-13(20-22)11-2-3-11)15(24)21-8-6-12(7-9-21)16(17,18)19/h4-5,10-12H,2-3,6-9H2,1H3/t10-/m0/s1. The highest BCUT2D eigenvalue weighted by Crippen LogP contribution is 2.38. The fourth-order valence-corrected chi connectivity index (χ4v) is 3.11. The summed E-state index contributed by atoms with van der Waals surface area (Å²) in [5.74, 6) is -1.35. The van der Waals surface area contributed by atoms with Gasteiger partial charge in [-0.15, -0.1) is 0 Å². The van der Waals surface area contributed by atoms with Gasteiger partial charge in [0.2, 0.25) is 5.91 Å². The van der Waals surface area contributed by atoms with E-state index in [2.05, 4.69) is 5.10 Å². The van der Waals surface area contributed by atoms with Crippen LogP contribution < -0.4 is 5.56 Å². The molecule has 1 aliphatic heterocycles. The molecule has 0 spiro atoms. The number of rotatable bonds is 3. The maximum atomic E-state index is 12.7. The van der Waals surface area contributed by atoms with E-state index in [1.54, 1.807) is 13.0 Å².